The highest BCUT2D eigenvalue weighted by atomic mass is 16.5. The van der Waals surface area contributed by atoms with E-state index >= 15 is 0 Å². The molecule has 1 N–H and O–H groups in total. The van der Waals surface area contributed by atoms with Gasteiger partial charge in [0.25, 0.3) is 5.91 Å². The van der Waals surface area contributed by atoms with Gasteiger partial charge in [-0.25, -0.2) is 0 Å². The van der Waals surface area contributed by atoms with Gasteiger partial charge in [-0.05, 0) is 43.0 Å². The maximum atomic E-state index is 12.2. The van der Waals surface area contributed by atoms with E-state index in [1.54, 1.807) is 6.20 Å². The van der Waals surface area contributed by atoms with Gasteiger partial charge >= 0.3 is 0 Å². The molecule has 1 aromatic carbocycles. The monoisotopic (exact) mass is 324 g/mol. The van der Waals surface area contributed by atoms with Crippen LogP contribution in [0.4, 0.5) is 0 Å². The van der Waals surface area contributed by atoms with E-state index in [1.807, 2.05) is 42.5 Å². The van der Waals surface area contributed by atoms with Crippen molar-refractivity contribution < 1.29 is 9.53 Å². The summed E-state index contributed by atoms with van der Waals surface area (Å²) < 4.78 is 5.66. The molecule has 1 aliphatic rings. The van der Waals surface area contributed by atoms with Crippen LogP contribution in [-0.4, -0.2) is 17.4 Å². The van der Waals surface area contributed by atoms with Gasteiger partial charge in [0, 0.05) is 12.7 Å². The molecule has 1 aliphatic carbocycles. The predicted octanol–water partition coefficient (Wildman–Crippen LogP) is 3.97. The van der Waals surface area contributed by atoms with Crippen LogP contribution in [0.1, 0.15) is 48.2 Å². The van der Waals surface area contributed by atoms with Crippen LogP contribution >= 0.6 is 0 Å². The lowest BCUT2D eigenvalue weighted by molar-refractivity contribution is 0.0943. The molecule has 0 radical (unpaired) electrons. The van der Waals surface area contributed by atoms with Crippen molar-refractivity contribution >= 4 is 5.91 Å². The summed E-state index contributed by atoms with van der Waals surface area (Å²) >= 11 is 0. The first kappa shape index (κ1) is 16.5. The molecule has 1 fully saturated rings. The number of ether oxygens (including phenoxy) is 1. The SMILES string of the molecule is O=C(NCC1CCCCC1)c1ccc(COc2ccccc2)nc1. The minimum Gasteiger partial charge on any atom is -0.487 e. The van der Waals surface area contributed by atoms with Gasteiger partial charge < -0.3 is 10.1 Å². The maximum absolute atomic E-state index is 12.2. The summed E-state index contributed by atoms with van der Waals surface area (Å²) in [6, 6.07) is 13.3. The van der Waals surface area contributed by atoms with Crippen LogP contribution in [0, 0.1) is 5.92 Å². The topological polar surface area (TPSA) is 51.2 Å². The van der Waals surface area contributed by atoms with Crippen molar-refractivity contribution in [3.8, 4) is 5.75 Å². The Bertz CT molecular complexity index is 634. The molecule has 1 amide bonds. The molecule has 0 bridgehead atoms. The Balaban J connectivity index is 1.47. The Labute approximate surface area is 143 Å². The molecule has 0 spiro atoms. The minimum atomic E-state index is -0.0383. The van der Waals surface area contributed by atoms with Crippen LogP contribution in [0.3, 0.4) is 0 Å². The largest absolute Gasteiger partial charge is 0.487 e. The van der Waals surface area contributed by atoms with E-state index in [1.165, 1.54) is 32.1 Å². The Hall–Kier alpha value is -2.36. The van der Waals surface area contributed by atoms with Gasteiger partial charge in [-0.15, -0.1) is 0 Å². The summed E-state index contributed by atoms with van der Waals surface area (Å²) in [4.78, 5) is 16.5. The highest BCUT2D eigenvalue weighted by Crippen LogP contribution is 2.22. The van der Waals surface area contributed by atoms with Gasteiger partial charge in [-0.3, -0.25) is 9.78 Å². The van der Waals surface area contributed by atoms with Crippen molar-refractivity contribution in [3.63, 3.8) is 0 Å². The first-order chi connectivity index (χ1) is 11.8. The van der Waals surface area contributed by atoms with Crippen molar-refractivity contribution in [3.05, 3.63) is 59.9 Å². The highest BCUT2D eigenvalue weighted by molar-refractivity contribution is 5.93. The van der Waals surface area contributed by atoms with E-state index in [0.717, 1.165) is 18.0 Å². The molecule has 0 atom stereocenters. The molecule has 1 saturated carbocycles. The average molecular weight is 324 g/mol. The van der Waals surface area contributed by atoms with Crippen LogP contribution in [0.15, 0.2) is 48.7 Å². The predicted molar refractivity (Wildman–Crippen MR) is 93.9 cm³/mol. The second kappa shape index (κ2) is 8.48. The molecule has 1 heterocycles. The van der Waals surface area contributed by atoms with Gasteiger partial charge in [-0.2, -0.15) is 0 Å². The summed E-state index contributed by atoms with van der Waals surface area (Å²) in [5.41, 5.74) is 1.41. The average Bonchev–Trinajstić information content (AvgIpc) is 2.66. The number of nitrogens with zero attached hydrogens (tertiary/aromatic N) is 1. The Morgan fingerprint density at radius 1 is 1.08 bits per heavy atom. The van der Waals surface area contributed by atoms with E-state index in [0.29, 0.717) is 18.1 Å². The smallest absolute Gasteiger partial charge is 0.252 e. The second-order valence-corrected chi connectivity index (χ2v) is 6.35. The molecular formula is C20H24N2O2. The summed E-state index contributed by atoms with van der Waals surface area (Å²) in [6.45, 7) is 1.17. The highest BCUT2D eigenvalue weighted by Gasteiger charge is 2.15. The first-order valence-corrected chi connectivity index (χ1v) is 8.72. The number of rotatable bonds is 6. The number of aromatic nitrogens is 1. The van der Waals surface area contributed by atoms with E-state index in [4.69, 9.17) is 4.74 Å². The first-order valence-electron chi connectivity index (χ1n) is 8.72. The van der Waals surface area contributed by atoms with E-state index in [2.05, 4.69) is 10.3 Å². The molecule has 0 saturated heterocycles. The third-order valence-electron chi connectivity index (χ3n) is 4.49. The Kier molecular flexibility index (Phi) is 5.83. The molecule has 0 unspecified atom stereocenters. The van der Waals surface area contributed by atoms with Crippen molar-refractivity contribution in [2.24, 2.45) is 5.92 Å². The lowest BCUT2D eigenvalue weighted by Crippen LogP contribution is -2.30. The van der Waals surface area contributed by atoms with Crippen LogP contribution in [-0.2, 0) is 6.61 Å². The third kappa shape index (κ3) is 4.82. The second-order valence-electron chi connectivity index (χ2n) is 6.35. The number of amides is 1. The molecule has 0 aliphatic heterocycles. The zero-order chi connectivity index (χ0) is 16.6. The van der Waals surface area contributed by atoms with Crippen molar-refractivity contribution in [1.29, 1.82) is 0 Å². The lowest BCUT2D eigenvalue weighted by atomic mass is 9.89. The molecular weight excluding hydrogens is 300 g/mol. The summed E-state index contributed by atoms with van der Waals surface area (Å²) in [6.07, 6.45) is 8.00. The summed E-state index contributed by atoms with van der Waals surface area (Å²) in [7, 11) is 0. The van der Waals surface area contributed by atoms with Crippen LogP contribution in [0.2, 0.25) is 0 Å². The fourth-order valence-electron chi connectivity index (χ4n) is 3.05. The molecule has 3 rings (SSSR count). The van der Waals surface area contributed by atoms with Gasteiger partial charge in [0.15, 0.2) is 0 Å². The maximum Gasteiger partial charge on any atom is 0.252 e. The van der Waals surface area contributed by atoms with Gasteiger partial charge in [0.2, 0.25) is 0 Å². The van der Waals surface area contributed by atoms with Crippen molar-refractivity contribution in [1.82, 2.24) is 10.3 Å². The number of para-hydroxylation sites is 1. The molecule has 24 heavy (non-hydrogen) atoms. The molecule has 1 aromatic heterocycles. The number of hydrogen-bond donors (Lipinski definition) is 1. The van der Waals surface area contributed by atoms with Crippen molar-refractivity contribution in [2.75, 3.05) is 6.54 Å². The quantitative estimate of drug-likeness (QED) is 0.874. The van der Waals surface area contributed by atoms with Crippen LogP contribution in [0.25, 0.3) is 0 Å². The number of benzene rings is 1. The zero-order valence-electron chi connectivity index (χ0n) is 13.9. The third-order valence-corrected chi connectivity index (χ3v) is 4.49. The fraction of sp³-hybridized carbons (Fsp3) is 0.400. The lowest BCUT2D eigenvalue weighted by Gasteiger charge is -2.21. The van der Waals surface area contributed by atoms with E-state index in [-0.39, 0.29) is 5.91 Å². The molecule has 126 valence electrons. The number of carbonyl (C=O) groups excluding carboxylic acids is 1. The molecule has 2 aromatic rings. The standard InChI is InChI=1S/C20H24N2O2/c23-20(22-13-16-7-3-1-4-8-16)17-11-12-18(21-14-17)15-24-19-9-5-2-6-10-19/h2,5-6,9-12,14,16H,1,3-4,7-8,13,15H2,(H,22,23). The van der Waals surface area contributed by atoms with Gasteiger partial charge in [0.1, 0.15) is 12.4 Å². The van der Waals surface area contributed by atoms with Crippen LogP contribution in [0.5, 0.6) is 5.75 Å². The molecule has 4 nitrogen and oxygen atoms in total. The fourth-order valence-corrected chi connectivity index (χ4v) is 3.05. The number of pyridine rings is 1. The van der Waals surface area contributed by atoms with Crippen LogP contribution < -0.4 is 10.1 Å². The summed E-state index contributed by atoms with van der Waals surface area (Å²) in [5.74, 6) is 1.41. The summed E-state index contributed by atoms with van der Waals surface area (Å²) in [5, 5.41) is 3.04. The number of hydrogen-bond acceptors (Lipinski definition) is 3. The Morgan fingerprint density at radius 2 is 1.88 bits per heavy atom. The van der Waals surface area contributed by atoms with E-state index in [9.17, 15) is 4.79 Å². The Morgan fingerprint density at radius 3 is 2.58 bits per heavy atom. The zero-order valence-corrected chi connectivity index (χ0v) is 13.9. The normalized spacial score (nSPS) is 15.0. The molecule has 4 heteroatoms. The van der Waals surface area contributed by atoms with Crippen molar-refractivity contribution in [2.45, 2.75) is 38.7 Å². The van der Waals surface area contributed by atoms with E-state index < -0.39 is 0 Å². The minimum absolute atomic E-state index is 0.0383. The van der Waals surface area contributed by atoms with Gasteiger partial charge in [0.05, 0.1) is 11.3 Å². The van der Waals surface area contributed by atoms with Gasteiger partial charge in [-0.1, -0.05) is 37.5 Å². The number of nitrogens with one attached hydrogen (secondary N) is 1. The number of carbonyl (C=O) groups is 1.